The standard InChI is InChI=1S/C39H37BClIN2O3/c1-37(2)15-17-38(18-16-37)39(29-14-13-27(41)22-30(29)43-36(39)46)31(25-19-26(40)21-28(42)20-25)33-35(45)47-34(24-11-7-4-8-12-24)32(44(33)38)23-9-5-3-6-10-23/h3-14,19-22,31-34H,15-18,40H2,1-2H3,(H,43,46)/t31-,32+,33+,34-,39-/m0/s1. The molecule has 238 valence electrons. The lowest BCUT2D eigenvalue weighted by atomic mass is 9.53. The zero-order valence-corrected chi connectivity index (χ0v) is 29.7. The molecule has 1 amide bonds. The van der Waals surface area contributed by atoms with Gasteiger partial charge in [0.2, 0.25) is 5.91 Å². The molecule has 0 unspecified atom stereocenters. The number of carbonyl (C=O) groups excluding carboxylic acids is 2. The van der Waals surface area contributed by atoms with Crippen molar-refractivity contribution in [1.29, 1.82) is 0 Å². The zero-order valence-electron chi connectivity index (χ0n) is 26.8. The molecule has 5 nitrogen and oxygen atoms in total. The van der Waals surface area contributed by atoms with E-state index in [4.69, 9.17) is 16.3 Å². The van der Waals surface area contributed by atoms with E-state index in [1.54, 1.807) is 0 Å². The van der Waals surface area contributed by atoms with Crippen LogP contribution in [-0.4, -0.2) is 36.2 Å². The first kappa shape index (κ1) is 31.2. The second kappa shape index (κ2) is 11.2. The fourth-order valence-electron chi connectivity index (χ4n) is 9.58. The number of fused-ring (bicyclic) bond motifs is 5. The molecule has 2 spiro atoms. The minimum absolute atomic E-state index is 0.0544. The molecule has 4 aliphatic rings. The van der Waals surface area contributed by atoms with E-state index in [0.29, 0.717) is 5.02 Å². The average Bonchev–Trinajstić information content (AvgIpc) is 3.48. The van der Waals surface area contributed by atoms with E-state index >= 15 is 4.79 Å². The fraction of sp³-hybridized carbons (Fsp3) is 0.333. The molecule has 5 atom stereocenters. The Bertz CT molecular complexity index is 1870. The number of nitrogens with zero attached hydrogens (tertiary/aromatic N) is 1. The SMILES string of the molecule is Bc1cc(I)cc([C@H]2[C@@H]3C(=O)O[C@@H](c4ccccc4)[C@@H](c4ccccc4)N3C3(CCC(C)(C)CC3)[C@]23C(=O)Nc2cc(Cl)ccc23)c1. The molecule has 1 saturated carbocycles. The highest BCUT2D eigenvalue weighted by Crippen LogP contribution is 2.70. The number of hydrogen-bond acceptors (Lipinski definition) is 4. The highest BCUT2D eigenvalue weighted by atomic mass is 127. The lowest BCUT2D eigenvalue weighted by Crippen LogP contribution is -2.64. The van der Waals surface area contributed by atoms with Crippen molar-refractivity contribution in [3.63, 3.8) is 0 Å². The first-order valence-electron chi connectivity index (χ1n) is 16.5. The highest BCUT2D eigenvalue weighted by Gasteiger charge is 2.78. The number of hydrogen-bond donors (Lipinski definition) is 1. The first-order chi connectivity index (χ1) is 22.6. The van der Waals surface area contributed by atoms with Crippen LogP contribution in [0.3, 0.4) is 0 Å². The summed E-state index contributed by atoms with van der Waals surface area (Å²) < 4.78 is 7.73. The number of ether oxygens (including phenoxy) is 1. The molecule has 8 heteroatoms. The van der Waals surface area contributed by atoms with Gasteiger partial charge in [-0.3, -0.25) is 14.5 Å². The van der Waals surface area contributed by atoms with Gasteiger partial charge >= 0.3 is 5.97 Å². The summed E-state index contributed by atoms with van der Waals surface area (Å²) in [5.41, 5.74) is 4.13. The Hall–Kier alpha value is -3.14. The van der Waals surface area contributed by atoms with E-state index in [0.717, 1.165) is 62.7 Å². The van der Waals surface area contributed by atoms with Crippen molar-refractivity contribution in [2.24, 2.45) is 5.41 Å². The van der Waals surface area contributed by atoms with Crippen LogP contribution in [-0.2, 0) is 19.7 Å². The summed E-state index contributed by atoms with van der Waals surface area (Å²) in [7, 11) is 2.09. The van der Waals surface area contributed by atoms with Crippen LogP contribution >= 0.6 is 34.2 Å². The monoisotopic (exact) mass is 754 g/mol. The molecule has 0 aromatic heterocycles. The van der Waals surface area contributed by atoms with E-state index in [2.05, 4.69) is 109 Å². The van der Waals surface area contributed by atoms with Gasteiger partial charge in [0, 0.05) is 25.7 Å². The number of morpholine rings is 1. The molecule has 1 N–H and O–H groups in total. The summed E-state index contributed by atoms with van der Waals surface area (Å²) in [6, 6.07) is 31.8. The molecule has 3 aliphatic heterocycles. The fourth-order valence-corrected chi connectivity index (χ4v) is 10.6. The molecule has 3 fully saturated rings. The van der Waals surface area contributed by atoms with Crippen molar-refractivity contribution in [3.05, 3.63) is 128 Å². The second-order valence-corrected chi connectivity index (χ2v) is 16.3. The molecular weight excluding hydrogens is 718 g/mol. The Morgan fingerprint density at radius 1 is 0.830 bits per heavy atom. The van der Waals surface area contributed by atoms with E-state index in [1.165, 1.54) is 0 Å². The van der Waals surface area contributed by atoms with Gasteiger partial charge in [-0.05, 0) is 94.1 Å². The Morgan fingerprint density at radius 3 is 2.15 bits per heavy atom. The van der Waals surface area contributed by atoms with E-state index in [9.17, 15) is 4.79 Å². The predicted molar refractivity (Wildman–Crippen MR) is 197 cm³/mol. The number of rotatable bonds is 3. The van der Waals surface area contributed by atoms with Crippen LogP contribution in [0.2, 0.25) is 5.02 Å². The molecule has 8 rings (SSSR count). The quantitative estimate of drug-likeness (QED) is 0.136. The van der Waals surface area contributed by atoms with Crippen LogP contribution in [0.25, 0.3) is 0 Å². The summed E-state index contributed by atoms with van der Waals surface area (Å²) in [6.45, 7) is 4.65. The minimum Gasteiger partial charge on any atom is -0.454 e. The third kappa shape index (κ3) is 4.59. The number of cyclic esters (lactones) is 1. The number of benzene rings is 4. The van der Waals surface area contributed by atoms with Crippen molar-refractivity contribution in [1.82, 2.24) is 4.90 Å². The zero-order chi connectivity index (χ0) is 32.7. The summed E-state index contributed by atoms with van der Waals surface area (Å²) in [5, 5.41) is 3.88. The number of esters is 1. The molecule has 4 aromatic carbocycles. The molecule has 1 aliphatic carbocycles. The number of carbonyl (C=O) groups is 2. The molecule has 47 heavy (non-hydrogen) atoms. The van der Waals surface area contributed by atoms with Crippen molar-refractivity contribution in [2.75, 3.05) is 5.32 Å². The summed E-state index contributed by atoms with van der Waals surface area (Å²) >= 11 is 8.93. The average molecular weight is 755 g/mol. The Labute approximate surface area is 296 Å². The number of nitrogens with one attached hydrogen (secondary N) is 1. The molecule has 4 aromatic rings. The van der Waals surface area contributed by atoms with E-state index in [1.807, 2.05) is 42.5 Å². The molecule has 0 radical (unpaired) electrons. The lowest BCUT2D eigenvalue weighted by Gasteiger charge is -2.57. The van der Waals surface area contributed by atoms with Crippen LogP contribution in [0.1, 0.15) is 79.8 Å². The second-order valence-electron chi connectivity index (χ2n) is 14.7. The highest BCUT2D eigenvalue weighted by molar-refractivity contribution is 14.1. The van der Waals surface area contributed by atoms with Crippen LogP contribution in [0.15, 0.2) is 97.1 Å². The van der Waals surface area contributed by atoms with Crippen LogP contribution in [0.5, 0.6) is 0 Å². The van der Waals surface area contributed by atoms with Crippen molar-refractivity contribution >= 4 is 65.1 Å². The van der Waals surface area contributed by atoms with Gasteiger partial charge in [-0.2, -0.15) is 0 Å². The van der Waals surface area contributed by atoms with Gasteiger partial charge in [-0.25, -0.2) is 0 Å². The maximum atomic E-state index is 15.3. The third-order valence-electron chi connectivity index (χ3n) is 11.5. The van der Waals surface area contributed by atoms with Gasteiger partial charge in [0.15, 0.2) is 0 Å². The maximum absolute atomic E-state index is 15.3. The molecule has 3 heterocycles. The normalized spacial score (nSPS) is 28.9. The van der Waals surface area contributed by atoms with Crippen molar-refractivity contribution in [3.8, 4) is 0 Å². The Balaban J connectivity index is 1.48. The van der Waals surface area contributed by atoms with Gasteiger partial charge in [-0.1, -0.05) is 110 Å². The summed E-state index contributed by atoms with van der Waals surface area (Å²) in [4.78, 5) is 32.7. The summed E-state index contributed by atoms with van der Waals surface area (Å²) in [6.07, 6.45) is 2.85. The molecule has 0 bridgehead atoms. The third-order valence-corrected chi connectivity index (χ3v) is 12.4. The van der Waals surface area contributed by atoms with E-state index < -0.39 is 29.0 Å². The van der Waals surface area contributed by atoms with Crippen molar-refractivity contribution < 1.29 is 14.3 Å². The largest absolute Gasteiger partial charge is 0.454 e. The smallest absolute Gasteiger partial charge is 0.324 e. The van der Waals surface area contributed by atoms with Gasteiger partial charge in [0.05, 0.1) is 6.04 Å². The number of halogens is 2. The van der Waals surface area contributed by atoms with Gasteiger partial charge in [0.25, 0.3) is 0 Å². The summed E-state index contributed by atoms with van der Waals surface area (Å²) in [5.74, 6) is -0.819. The van der Waals surface area contributed by atoms with E-state index in [-0.39, 0.29) is 23.3 Å². The lowest BCUT2D eigenvalue weighted by molar-refractivity contribution is -0.184. The molecular formula is C39H37BClIN2O3. The number of anilines is 1. The van der Waals surface area contributed by atoms with Gasteiger partial charge < -0.3 is 10.1 Å². The van der Waals surface area contributed by atoms with Crippen molar-refractivity contribution in [2.45, 2.75) is 74.6 Å². The number of amides is 1. The minimum atomic E-state index is -1.07. The maximum Gasteiger partial charge on any atom is 0.324 e. The van der Waals surface area contributed by atoms with Gasteiger partial charge in [0.1, 0.15) is 25.4 Å². The molecule has 2 saturated heterocycles. The first-order valence-corrected chi connectivity index (χ1v) is 18.0. The Morgan fingerprint density at radius 2 is 1.49 bits per heavy atom. The van der Waals surface area contributed by atoms with Gasteiger partial charge in [-0.15, -0.1) is 0 Å². The topological polar surface area (TPSA) is 58.6 Å². The van der Waals surface area contributed by atoms with Crippen LogP contribution in [0, 0.1) is 8.99 Å². The van der Waals surface area contributed by atoms with Crippen LogP contribution < -0.4 is 10.8 Å². The van der Waals surface area contributed by atoms with Crippen LogP contribution in [0.4, 0.5) is 5.69 Å². The predicted octanol–water partition coefficient (Wildman–Crippen LogP) is 7.24. The Kier molecular flexibility index (Phi) is 7.43.